The van der Waals surface area contributed by atoms with E-state index < -0.39 is 4.92 Å². The van der Waals surface area contributed by atoms with Crippen molar-refractivity contribution in [1.82, 2.24) is 4.90 Å². The minimum Gasteiger partial charge on any atom is -0.495 e. The molecule has 3 aromatic rings. The fourth-order valence-corrected chi connectivity index (χ4v) is 3.46. The predicted octanol–water partition coefficient (Wildman–Crippen LogP) is 3.90. The lowest BCUT2D eigenvalue weighted by molar-refractivity contribution is -0.384. The Morgan fingerprint density at radius 3 is 2.79 bits per heavy atom. The van der Waals surface area contributed by atoms with Crippen LogP contribution in [-0.4, -0.2) is 29.4 Å². The number of hydrogen-bond donors (Lipinski definition) is 1. The highest BCUT2D eigenvalue weighted by atomic mass is 32.1. The first-order valence-electron chi connectivity index (χ1n) is 8.44. The number of thiophene rings is 1. The van der Waals surface area contributed by atoms with Crippen molar-refractivity contribution in [1.29, 1.82) is 0 Å². The monoisotopic (exact) mass is 401 g/mol. The molecule has 0 spiro atoms. The van der Waals surface area contributed by atoms with Gasteiger partial charge in [-0.15, -0.1) is 11.3 Å². The van der Waals surface area contributed by atoms with E-state index in [9.17, 15) is 14.9 Å². The van der Waals surface area contributed by atoms with E-state index in [2.05, 4.69) is 5.32 Å². The summed E-state index contributed by atoms with van der Waals surface area (Å²) in [6, 6.07) is 11.7. The van der Waals surface area contributed by atoms with E-state index in [-0.39, 0.29) is 23.8 Å². The van der Waals surface area contributed by atoms with E-state index in [1.807, 2.05) is 28.5 Å². The average Bonchev–Trinajstić information content (AvgIpc) is 3.35. The average molecular weight is 401 g/mol. The number of carbonyl (C=O) groups excluding carboxylic acids is 1. The van der Waals surface area contributed by atoms with Crippen molar-refractivity contribution in [3.63, 3.8) is 0 Å². The molecule has 0 unspecified atom stereocenters. The van der Waals surface area contributed by atoms with Gasteiger partial charge in [0.1, 0.15) is 11.5 Å². The third-order valence-corrected chi connectivity index (χ3v) is 4.82. The summed E-state index contributed by atoms with van der Waals surface area (Å²) in [4.78, 5) is 26.2. The zero-order valence-electron chi connectivity index (χ0n) is 15.2. The lowest BCUT2D eigenvalue weighted by Gasteiger charge is -2.20. The van der Waals surface area contributed by atoms with Crippen molar-refractivity contribution < 1.29 is 18.9 Å². The smallest absolute Gasteiger partial charge is 0.271 e. The molecule has 2 aromatic heterocycles. The molecule has 1 aromatic carbocycles. The maximum atomic E-state index is 12.6. The van der Waals surface area contributed by atoms with Gasteiger partial charge in [0, 0.05) is 23.6 Å². The molecule has 3 rings (SSSR count). The number of hydrogen-bond acceptors (Lipinski definition) is 7. The van der Waals surface area contributed by atoms with Gasteiger partial charge in [-0.1, -0.05) is 6.07 Å². The van der Waals surface area contributed by atoms with Gasteiger partial charge in [0.15, 0.2) is 0 Å². The normalized spacial score (nSPS) is 10.8. The summed E-state index contributed by atoms with van der Waals surface area (Å²) in [5.74, 6) is 0.800. The highest BCUT2D eigenvalue weighted by Crippen LogP contribution is 2.29. The number of nitrogens with zero attached hydrogens (tertiary/aromatic N) is 2. The number of amides is 1. The molecule has 0 saturated carbocycles. The quantitative estimate of drug-likeness (QED) is 0.431. The first-order chi connectivity index (χ1) is 13.5. The van der Waals surface area contributed by atoms with Crippen LogP contribution in [0.1, 0.15) is 10.6 Å². The Balaban J connectivity index is 1.72. The molecular weight excluding hydrogens is 382 g/mol. The topological polar surface area (TPSA) is 97.8 Å². The second-order valence-corrected chi connectivity index (χ2v) is 7.03. The molecule has 146 valence electrons. The Bertz CT molecular complexity index is 889. The molecule has 0 aliphatic heterocycles. The van der Waals surface area contributed by atoms with Gasteiger partial charge in [-0.05, 0) is 29.6 Å². The third-order valence-electron chi connectivity index (χ3n) is 3.95. The van der Waals surface area contributed by atoms with Gasteiger partial charge in [-0.3, -0.25) is 19.8 Å². The molecule has 0 bridgehead atoms. The van der Waals surface area contributed by atoms with Gasteiger partial charge in [-0.25, -0.2) is 0 Å². The fraction of sp³-hybridized carbons (Fsp3) is 0.211. The van der Waals surface area contributed by atoms with Crippen LogP contribution < -0.4 is 10.1 Å². The number of carbonyl (C=O) groups is 1. The van der Waals surface area contributed by atoms with Crippen LogP contribution in [0.3, 0.4) is 0 Å². The number of nitro groups is 1. The maximum absolute atomic E-state index is 12.6. The second kappa shape index (κ2) is 9.16. The number of nitrogens with one attached hydrogen (secondary N) is 1. The zero-order valence-corrected chi connectivity index (χ0v) is 16.0. The van der Waals surface area contributed by atoms with Gasteiger partial charge < -0.3 is 14.5 Å². The fourth-order valence-electron chi connectivity index (χ4n) is 2.71. The lowest BCUT2D eigenvalue weighted by Crippen LogP contribution is -2.32. The molecule has 0 aliphatic carbocycles. The lowest BCUT2D eigenvalue weighted by atomic mass is 10.2. The van der Waals surface area contributed by atoms with Crippen molar-refractivity contribution >= 4 is 28.6 Å². The largest absolute Gasteiger partial charge is 0.495 e. The Kier molecular flexibility index (Phi) is 6.41. The van der Waals surface area contributed by atoms with Crippen LogP contribution in [0, 0.1) is 10.1 Å². The molecule has 0 radical (unpaired) electrons. The van der Waals surface area contributed by atoms with Gasteiger partial charge in [-0.2, -0.15) is 0 Å². The number of ether oxygens (including phenoxy) is 1. The minimum atomic E-state index is -0.519. The summed E-state index contributed by atoms with van der Waals surface area (Å²) < 4.78 is 10.6. The van der Waals surface area contributed by atoms with Crippen LogP contribution >= 0.6 is 11.3 Å². The van der Waals surface area contributed by atoms with Gasteiger partial charge >= 0.3 is 0 Å². The van der Waals surface area contributed by atoms with Crippen molar-refractivity contribution in [3.05, 3.63) is 74.9 Å². The van der Waals surface area contributed by atoms with Gasteiger partial charge in [0.2, 0.25) is 5.91 Å². The van der Waals surface area contributed by atoms with E-state index in [0.29, 0.717) is 18.8 Å². The standard InChI is InChI=1S/C19H19N3O5S/c1-26-18-7-6-14(22(24)25)10-17(18)20-19(23)13-21(11-15-4-2-8-27-15)12-16-5-3-9-28-16/h2-10H,11-13H2,1H3,(H,20,23). The van der Waals surface area contributed by atoms with E-state index in [1.165, 1.54) is 25.3 Å². The summed E-state index contributed by atoms with van der Waals surface area (Å²) in [5.41, 5.74) is 0.137. The number of furan rings is 1. The van der Waals surface area contributed by atoms with Crippen LogP contribution in [0.4, 0.5) is 11.4 Å². The van der Waals surface area contributed by atoms with Crippen LogP contribution in [0.5, 0.6) is 5.75 Å². The number of rotatable bonds is 9. The number of anilines is 1. The van der Waals surface area contributed by atoms with Crippen molar-refractivity contribution in [2.24, 2.45) is 0 Å². The van der Waals surface area contributed by atoms with Gasteiger partial charge in [0.05, 0.1) is 37.1 Å². The van der Waals surface area contributed by atoms with Crippen LogP contribution in [0.2, 0.25) is 0 Å². The molecule has 1 N–H and O–H groups in total. The Morgan fingerprint density at radius 2 is 2.14 bits per heavy atom. The minimum absolute atomic E-state index is 0.0877. The number of nitro benzene ring substituents is 1. The highest BCUT2D eigenvalue weighted by molar-refractivity contribution is 7.09. The summed E-state index contributed by atoms with van der Waals surface area (Å²) in [6.07, 6.45) is 1.59. The zero-order chi connectivity index (χ0) is 19.9. The predicted molar refractivity (Wildman–Crippen MR) is 105 cm³/mol. The Hall–Kier alpha value is -3.17. The molecule has 8 nitrogen and oxygen atoms in total. The molecular formula is C19H19N3O5S. The molecule has 0 aliphatic rings. The number of non-ortho nitro benzene ring substituents is 1. The summed E-state index contributed by atoms with van der Waals surface area (Å²) in [5, 5.41) is 15.7. The molecule has 0 fully saturated rings. The molecule has 28 heavy (non-hydrogen) atoms. The first-order valence-corrected chi connectivity index (χ1v) is 9.32. The third kappa shape index (κ3) is 5.18. The molecule has 2 heterocycles. The van der Waals surface area contributed by atoms with E-state index >= 15 is 0 Å². The van der Waals surface area contributed by atoms with E-state index in [1.54, 1.807) is 23.7 Å². The first kappa shape index (κ1) is 19.6. The molecule has 1 amide bonds. The van der Waals surface area contributed by atoms with Crippen LogP contribution in [0.15, 0.2) is 58.5 Å². The molecule has 9 heteroatoms. The summed E-state index contributed by atoms with van der Waals surface area (Å²) in [7, 11) is 1.44. The highest BCUT2D eigenvalue weighted by Gasteiger charge is 2.17. The van der Waals surface area contributed by atoms with E-state index in [0.717, 1.165) is 10.6 Å². The second-order valence-electron chi connectivity index (χ2n) is 5.99. The molecule has 0 saturated heterocycles. The molecule has 0 atom stereocenters. The summed E-state index contributed by atoms with van der Waals surface area (Å²) in [6.45, 7) is 1.13. The Morgan fingerprint density at radius 1 is 1.29 bits per heavy atom. The summed E-state index contributed by atoms with van der Waals surface area (Å²) >= 11 is 1.61. The van der Waals surface area contributed by atoms with Gasteiger partial charge in [0.25, 0.3) is 5.69 Å². The van der Waals surface area contributed by atoms with Crippen LogP contribution in [0.25, 0.3) is 0 Å². The SMILES string of the molecule is COc1ccc([N+](=O)[O-])cc1NC(=O)CN(Cc1ccco1)Cc1cccs1. The maximum Gasteiger partial charge on any atom is 0.271 e. The number of benzene rings is 1. The van der Waals surface area contributed by atoms with Crippen LogP contribution in [-0.2, 0) is 17.9 Å². The number of methoxy groups -OCH3 is 1. The van der Waals surface area contributed by atoms with E-state index in [4.69, 9.17) is 9.15 Å². The Labute approximate surface area is 165 Å². The van der Waals surface area contributed by atoms with Crippen molar-refractivity contribution in [3.8, 4) is 5.75 Å². The van der Waals surface area contributed by atoms with Crippen molar-refractivity contribution in [2.75, 3.05) is 19.0 Å². The van der Waals surface area contributed by atoms with Crippen molar-refractivity contribution in [2.45, 2.75) is 13.1 Å².